The van der Waals surface area contributed by atoms with Crippen LogP contribution < -0.4 is 4.74 Å². The third kappa shape index (κ3) is 3.26. The van der Waals surface area contributed by atoms with Crippen LogP contribution in [0.5, 0.6) is 5.75 Å². The molecule has 0 aliphatic heterocycles. The highest BCUT2D eigenvalue weighted by molar-refractivity contribution is 9.10. The number of hydrogen-bond donors (Lipinski definition) is 0. The summed E-state index contributed by atoms with van der Waals surface area (Å²) in [6.45, 7) is -0.00108. The van der Waals surface area contributed by atoms with E-state index in [1.807, 2.05) is 0 Å². The van der Waals surface area contributed by atoms with Crippen molar-refractivity contribution in [2.24, 2.45) is 0 Å². The van der Waals surface area contributed by atoms with E-state index in [-0.39, 0.29) is 6.61 Å². The minimum absolute atomic E-state index is 0.00108. The molecule has 0 saturated carbocycles. The Bertz CT molecular complexity index is 552. The van der Waals surface area contributed by atoms with Gasteiger partial charge in [-0.05, 0) is 51.8 Å². The van der Waals surface area contributed by atoms with Crippen molar-refractivity contribution >= 4 is 15.9 Å². The molecule has 0 unspecified atom stereocenters. The lowest BCUT2D eigenvalue weighted by atomic mass is 10.2. The van der Waals surface area contributed by atoms with Crippen LogP contribution in [0.3, 0.4) is 0 Å². The van der Waals surface area contributed by atoms with Crippen LogP contribution in [0.15, 0.2) is 40.9 Å². The average molecular weight is 317 g/mol. The number of benzene rings is 2. The quantitative estimate of drug-likeness (QED) is 0.813. The maximum atomic E-state index is 12.9. The van der Waals surface area contributed by atoms with Gasteiger partial charge in [0.15, 0.2) is 0 Å². The van der Waals surface area contributed by atoms with Gasteiger partial charge in [-0.25, -0.2) is 13.2 Å². The smallest absolute Gasteiger partial charge is 0.134 e. The van der Waals surface area contributed by atoms with Crippen molar-refractivity contribution in [3.63, 3.8) is 0 Å². The largest absolute Gasteiger partial charge is 0.488 e. The van der Waals surface area contributed by atoms with Gasteiger partial charge in [0, 0.05) is 6.07 Å². The fourth-order valence-corrected chi connectivity index (χ4v) is 1.91. The highest BCUT2D eigenvalue weighted by atomic mass is 79.9. The lowest BCUT2D eigenvalue weighted by molar-refractivity contribution is 0.302. The van der Waals surface area contributed by atoms with Crippen molar-refractivity contribution < 1.29 is 17.9 Å². The molecule has 0 N–H and O–H groups in total. The molecule has 0 bridgehead atoms. The van der Waals surface area contributed by atoms with E-state index in [4.69, 9.17) is 4.74 Å². The molecule has 0 atom stereocenters. The SMILES string of the molecule is Fc1cc(F)cc(COc2ccc(F)cc2Br)c1. The molecule has 2 aromatic rings. The zero-order chi connectivity index (χ0) is 13.1. The molecule has 0 amide bonds. The van der Waals surface area contributed by atoms with E-state index in [2.05, 4.69) is 15.9 Å². The highest BCUT2D eigenvalue weighted by Gasteiger charge is 2.05. The predicted octanol–water partition coefficient (Wildman–Crippen LogP) is 4.45. The van der Waals surface area contributed by atoms with Crippen LogP contribution >= 0.6 is 15.9 Å². The van der Waals surface area contributed by atoms with Crippen molar-refractivity contribution in [3.8, 4) is 5.75 Å². The Labute approximate surface area is 110 Å². The number of halogens is 4. The minimum atomic E-state index is -0.660. The van der Waals surface area contributed by atoms with Gasteiger partial charge in [-0.2, -0.15) is 0 Å². The van der Waals surface area contributed by atoms with Crippen molar-refractivity contribution in [2.75, 3.05) is 0 Å². The van der Waals surface area contributed by atoms with E-state index in [1.54, 1.807) is 0 Å². The molecular formula is C13H8BrF3O. The van der Waals surface area contributed by atoms with Crippen LogP contribution in [0.1, 0.15) is 5.56 Å². The summed E-state index contributed by atoms with van der Waals surface area (Å²) >= 11 is 3.14. The molecule has 0 radical (unpaired) electrons. The Hall–Kier alpha value is -1.49. The van der Waals surface area contributed by atoms with Crippen molar-refractivity contribution in [1.82, 2.24) is 0 Å². The summed E-state index contributed by atoms with van der Waals surface area (Å²) in [7, 11) is 0. The first kappa shape index (κ1) is 13.0. The third-order valence-electron chi connectivity index (χ3n) is 2.21. The standard InChI is InChI=1S/C13H8BrF3O/c14-12-6-9(15)1-2-13(12)18-7-8-3-10(16)5-11(17)4-8/h1-6H,7H2. The second-order valence-corrected chi connectivity index (χ2v) is 4.50. The van der Waals surface area contributed by atoms with Gasteiger partial charge in [0.2, 0.25) is 0 Å². The van der Waals surface area contributed by atoms with Gasteiger partial charge in [-0.3, -0.25) is 0 Å². The molecule has 2 rings (SSSR count). The second kappa shape index (κ2) is 5.44. The van der Waals surface area contributed by atoms with Gasteiger partial charge in [0.05, 0.1) is 4.47 Å². The lowest BCUT2D eigenvalue weighted by Crippen LogP contribution is -1.98. The Morgan fingerprint density at radius 2 is 1.56 bits per heavy atom. The molecule has 0 aliphatic carbocycles. The van der Waals surface area contributed by atoms with E-state index in [0.717, 1.165) is 6.07 Å². The van der Waals surface area contributed by atoms with Gasteiger partial charge in [0.1, 0.15) is 29.8 Å². The molecular weight excluding hydrogens is 309 g/mol. The van der Waals surface area contributed by atoms with Gasteiger partial charge in [-0.1, -0.05) is 0 Å². The Balaban J connectivity index is 2.11. The van der Waals surface area contributed by atoms with Crippen LogP contribution in [-0.4, -0.2) is 0 Å². The summed E-state index contributed by atoms with van der Waals surface area (Å²) in [6.07, 6.45) is 0. The lowest BCUT2D eigenvalue weighted by Gasteiger charge is -2.08. The van der Waals surface area contributed by atoms with Gasteiger partial charge in [0.25, 0.3) is 0 Å². The molecule has 94 valence electrons. The fourth-order valence-electron chi connectivity index (χ4n) is 1.45. The highest BCUT2D eigenvalue weighted by Crippen LogP contribution is 2.26. The topological polar surface area (TPSA) is 9.23 Å². The Morgan fingerprint density at radius 1 is 0.889 bits per heavy atom. The first-order valence-corrected chi connectivity index (χ1v) is 5.87. The van der Waals surface area contributed by atoms with Crippen molar-refractivity contribution in [2.45, 2.75) is 6.61 Å². The predicted molar refractivity (Wildman–Crippen MR) is 64.8 cm³/mol. The third-order valence-corrected chi connectivity index (χ3v) is 2.83. The second-order valence-electron chi connectivity index (χ2n) is 3.64. The summed E-state index contributed by atoms with van der Waals surface area (Å²) in [5.74, 6) is -1.31. The van der Waals surface area contributed by atoms with Crippen molar-refractivity contribution in [1.29, 1.82) is 0 Å². The van der Waals surface area contributed by atoms with Crippen LogP contribution in [0.2, 0.25) is 0 Å². The molecule has 1 nitrogen and oxygen atoms in total. The Morgan fingerprint density at radius 3 is 2.17 bits per heavy atom. The fraction of sp³-hybridized carbons (Fsp3) is 0.0769. The molecule has 0 spiro atoms. The normalized spacial score (nSPS) is 10.4. The first-order valence-electron chi connectivity index (χ1n) is 5.07. The molecule has 0 saturated heterocycles. The molecule has 2 aromatic carbocycles. The molecule has 0 aromatic heterocycles. The molecule has 0 heterocycles. The number of hydrogen-bond acceptors (Lipinski definition) is 1. The zero-order valence-corrected chi connectivity index (χ0v) is 10.7. The molecule has 0 aliphatic rings. The van der Waals surface area contributed by atoms with E-state index in [9.17, 15) is 13.2 Å². The van der Waals surface area contributed by atoms with E-state index in [0.29, 0.717) is 15.8 Å². The van der Waals surface area contributed by atoms with Crippen LogP contribution in [-0.2, 0) is 6.61 Å². The van der Waals surface area contributed by atoms with Crippen LogP contribution in [0, 0.1) is 17.5 Å². The van der Waals surface area contributed by atoms with E-state index < -0.39 is 17.5 Å². The minimum Gasteiger partial charge on any atom is -0.488 e. The summed E-state index contributed by atoms with van der Waals surface area (Å²) < 4.78 is 44.5. The zero-order valence-electron chi connectivity index (χ0n) is 9.09. The van der Waals surface area contributed by atoms with E-state index in [1.165, 1.54) is 30.3 Å². The van der Waals surface area contributed by atoms with E-state index >= 15 is 0 Å². The number of rotatable bonds is 3. The first-order chi connectivity index (χ1) is 8.54. The monoisotopic (exact) mass is 316 g/mol. The van der Waals surface area contributed by atoms with Gasteiger partial charge >= 0.3 is 0 Å². The van der Waals surface area contributed by atoms with Crippen molar-refractivity contribution in [3.05, 3.63) is 63.9 Å². The summed E-state index contributed by atoms with van der Waals surface area (Å²) in [6, 6.07) is 7.08. The molecule has 0 fully saturated rings. The average Bonchev–Trinajstić information content (AvgIpc) is 2.26. The summed E-state index contributed by atoms with van der Waals surface area (Å²) in [5, 5.41) is 0. The Kier molecular flexibility index (Phi) is 3.91. The van der Waals surface area contributed by atoms with Gasteiger partial charge < -0.3 is 4.74 Å². The maximum Gasteiger partial charge on any atom is 0.134 e. The van der Waals surface area contributed by atoms with Crippen LogP contribution in [0.4, 0.5) is 13.2 Å². The molecule has 18 heavy (non-hydrogen) atoms. The summed E-state index contributed by atoms with van der Waals surface area (Å²) in [4.78, 5) is 0. The van der Waals surface area contributed by atoms with Gasteiger partial charge in [-0.15, -0.1) is 0 Å². The summed E-state index contributed by atoms with van der Waals surface area (Å²) in [5.41, 5.74) is 0.365. The molecule has 5 heteroatoms. The maximum absolute atomic E-state index is 12.9. The number of ether oxygens (including phenoxy) is 1. The van der Waals surface area contributed by atoms with Crippen LogP contribution in [0.25, 0.3) is 0 Å².